The third-order valence-corrected chi connectivity index (χ3v) is 8.69. The quantitative estimate of drug-likeness (QED) is 0.557. The number of amidine groups is 1. The van der Waals surface area contributed by atoms with E-state index in [0.29, 0.717) is 11.3 Å². The number of aromatic nitrogens is 1. The van der Waals surface area contributed by atoms with E-state index in [1.807, 2.05) is 4.90 Å². The van der Waals surface area contributed by atoms with Gasteiger partial charge >= 0.3 is 0 Å². The zero-order valence-corrected chi connectivity index (χ0v) is 18.5. The van der Waals surface area contributed by atoms with Gasteiger partial charge in [0.15, 0.2) is 20.4 Å². The number of hydrogen-bond acceptors (Lipinski definition) is 7. The minimum Gasteiger partial charge on any atom is -0.386 e. The molecule has 0 unspecified atom stereocenters. The van der Waals surface area contributed by atoms with E-state index in [9.17, 15) is 17.6 Å². The summed E-state index contributed by atoms with van der Waals surface area (Å²) in [6, 6.07) is 7.12. The third-order valence-electron chi connectivity index (χ3n) is 6.09. The molecule has 1 fully saturated rings. The highest BCUT2D eigenvalue weighted by atomic mass is 32.2. The van der Waals surface area contributed by atoms with E-state index in [-0.39, 0.29) is 48.1 Å². The molecule has 8 nitrogen and oxygen atoms in total. The molecule has 1 aromatic carbocycles. The van der Waals surface area contributed by atoms with E-state index >= 15 is 0 Å². The molecule has 32 heavy (non-hydrogen) atoms. The average Bonchev–Trinajstić information content (AvgIpc) is 2.71. The van der Waals surface area contributed by atoms with Gasteiger partial charge in [-0.3, -0.25) is 14.8 Å². The van der Waals surface area contributed by atoms with Gasteiger partial charge in [0.1, 0.15) is 22.9 Å². The van der Waals surface area contributed by atoms with Gasteiger partial charge in [-0.1, -0.05) is 12.1 Å². The second kappa shape index (κ2) is 7.46. The topological polar surface area (TPSA) is 110 Å². The van der Waals surface area contributed by atoms with Gasteiger partial charge in [-0.05, 0) is 37.7 Å². The van der Waals surface area contributed by atoms with Gasteiger partial charge in [0.05, 0.1) is 12.3 Å². The Labute approximate surface area is 185 Å². The van der Waals surface area contributed by atoms with Crippen LogP contribution in [0.3, 0.4) is 0 Å². The number of carbonyl (C=O) groups excluding carboxylic acids is 1. The highest BCUT2D eigenvalue weighted by molar-refractivity contribution is 7.93. The van der Waals surface area contributed by atoms with Crippen molar-refractivity contribution in [1.29, 1.82) is 0 Å². The fourth-order valence-electron chi connectivity index (χ4n) is 4.38. The Hall–Kier alpha value is -3.16. The van der Waals surface area contributed by atoms with E-state index in [1.54, 1.807) is 14.0 Å². The van der Waals surface area contributed by atoms with E-state index in [2.05, 4.69) is 14.8 Å². The van der Waals surface area contributed by atoms with Crippen molar-refractivity contribution in [3.05, 3.63) is 70.6 Å². The monoisotopic (exact) mass is 455 g/mol. The van der Waals surface area contributed by atoms with Gasteiger partial charge in [0.2, 0.25) is 5.69 Å². The number of likely N-dealkylation sites (tertiary alicyclic amines) is 1. The molecule has 0 aliphatic carbocycles. The van der Waals surface area contributed by atoms with E-state index in [4.69, 9.17) is 12.3 Å². The summed E-state index contributed by atoms with van der Waals surface area (Å²) in [5.41, 5.74) is 5.82. The summed E-state index contributed by atoms with van der Waals surface area (Å²) in [7, 11) is -1.89. The van der Waals surface area contributed by atoms with Crippen molar-refractivity contribution >= 4 is 27.1 Å². The molecular weight excluding hydrogens is 433 g/mol. The number of ketones is 1. The number of carbonyl (C=O) groups is 1. The maximum absolute atomic E-state index is 14.8. The van der Waals surface area contributed by atoms with Crippen LogP contribution in [0.1, 0.15) is 28.5 Å². The molecule has 1 atom stereocenters. The lowest BCUT2D eigenvalue weighted by Gasteiger charge is -2.51. The fourth-order valence-corrected chi connectivity index (χ4v) is 6.81. The van der Waals surface area contributed by atoms with Gasteiger partial charge in [-0.15, -0.1) is 0 Å². The minimum atomic E-state index is -3.69. The Bertz CT molecular complexity index is 1280. The summed E-state index contributed by atoms with van der Waals surface area (Å²) < 4.78 is 39.9. The summed E-state index contributed by atoms with van der Waals surface area (Å²) in [5.74, 6) is -1.30. The molecule has 1 spiro atoms. The van der Waals surface area contributed by atoms with Crippen molar-refractivity contribution in [2.24, 2.45) is 10.7 Å². The molecule has 166 valence electrons. The minimum absolute atomic E-state index is 0.00525. The van der Waals surface area contributed by atoms with Gasteiger partial charge in [0.25, 0.3) is 0 Å². The van der Waals surface area contributed by atoms with E-state index in [0.717, 1.165) is 0 Å². The number of nitrogens with zero attached hydrogens (tertiary/aromatic N) is 4. The first-order valence-electron chi connectivity index (χ1n) is 9.92. The lowest BCUT2D eigenvalue weighted by molar-refractivity contribution is 0.0988. The Morgan fingerprint density at radius 1 is 1.31 bits per heavy atom. The lowest BCUT2D eigenvalue weighted by Crippen LogP contribution is -2.73. The van der Waals surface area contributed by atoms with Crippen LogP contribution in [0.4, 0.5) is 10.1 Å². The highest BCUT2D eigenvalue weighted by Gasteiger charge is 2.60. The second-order valence-electron chi connectivity index (χ2n) is 8.62. The molecule has 2 N–H and O–H groups in total. The summed E-state index contributed by atoms with van der Waals surface area (Å²) >= 11 is 0. The molecular formula is C22H22FN5O3S. The molecule has 1 saturated heterocycles. The zero-order valence-electron chi connectivity index (χ0n) is 17.7. The normalized spacial score (nSPS) is 23.8. The summed E-state index contributed by atoms with van der Waals surface area (Å²) in [4.78, 5) is 26.1. The Balaban J connectivity index is 1.66. The number of sulfone groups is 1. The molecule has 0 saturated carbocycles. The van der Waals surface area contributed by atoms with Gasteiger partial charge < -0.3 is 10.6 Å². The molecule has 2 aliphatic heterocycles. The number of benzene rings is 1. The number of rotatable bonds is 4. The van der Waals surface area contributed by atoms with Gasteiger partial charge in [0, 0.05) is 31.3 Å². The number of nitrogens with two attached hydrogens (primary N) is 1. The first-order chi connectivity index (χ1) is 15.0. The van der Waals surface area contributed by atoms with E-state index < -0.39 is 25.9 Å². The first kappa shape index (κ1) is 22.0. The average molecular weight is 456 g/mol. The second-order valence-corrected chi connectivity index (χ2v) is 10.9. The molecule has 1 aromatic heterocycles. The molecule has 0 radical (unpaired) electrons. The van der Waals surface area contributed by atoms with Crippen molar-refractivity contribution in [1.82, 2.24) is 9.88 Å². The fraction of sp³-hybridized carbons (Fsp3) is 0.364. The summed E-state index contributed by atoms with van der Waals surface area (Å²) in [5, 5.41) is 0. The Morgan fingerprint density at radius 2 is 2.03 bits per heavy atom. The van der Waals surface area contributed by atoms with Crippen molar-refractivity contribution in [2.45, 2.75) is 23.6 Å². The van der Waals surface area contributed by atoms with Crippen molar-refractivity contribution < 1.29 is 17.6 Å². The van der Waals surface area contributed by atoms with Crippen LogP contribution in [0.2, 0.25) is 0 Å². The molecule has 2 aromatic rings. The van der Waals surface area contributed by atoms with Crippen LogP contribution >= 0.6 is 0 Å². The SMILES string of the molecule is [C-]#[N+]c1ccc(C(=O)Cc2ccc(F)c([C@]3(C)CS(=O)(=O)C4(CN(C)C4)C(N)=N3)c2)nc1. The smallest absolute Gasteiger partial charge is 0.205 e. The lowest BCUT2D eigenvalue weighted by atomic mass is 9.89. The molecule has 2 aliphatic rings. The molecule has 4 rings (SSSR count). The summed E-state index contributed by atoms with van der Waals surface area (Å²) in [6.07, 6.45) is 1.25. The highest BCUT2D eigenvalue weighted by Crippen LogP contribution is 2.41. The van der Waals surface area contributed by atoms with Crippen LogP contribution in [-0.2, 0) is 21.8 Å². The molecule has 0 bridgehead atoms. The third kappa shape index (κ3) is 3.47. The van der Waals surface area contributed by atoms with Crippen molar-refractivity contribution in [3.63, 3.8) is 0 Å². The van der Waals surface area contributed by atoms with Gasteiger partial charge in [-0.25, -0.2) is 17.7 Å². The van der Waals surface area contributed by atoms with E-state index in [1.165, 1.54) is 36.5 Å². The number of pyridine rings is 1. The number of hydrogen-bond donors (Lipinski definition) is 1. The van der Waals surface area contributed by atoms with Crippen LogP contribution in [-0.4, -0.2) is 60.6 Å². The van der Waals surface area contributed by atoms with Crippen LogP contribution in [0.25, 0.3) is 4.85 Å². The molecule has 10 heteroatoms. The van der Waals surface area contributed by atoms with Crippen LogP contribution in [0.15, 0.2) is 41.5 Å². The predicted octanol–water partition coefficient (Wildman–Crippen LogP) is 1.88. The Kier molecular flexibility index (Phi) is 5.14. The predicted molar refractivity (Wildman–Crippen MR) is 118 cm³/mol. The standard InChI is InChI=1S/C22H22FN5O3S/c1-21(13-32(30,31)22(20(24)27-21)11-28(3)12-22)16-8-14(4-6-17(16)23)9-19(29)18-7-5-15(25-2)10-26-18/h4-8,10H,9,11-13H2,1,3H3,(H2,24,27)/t21-/m0/s1. The van der Waals surface area contributed by atoms with Crippen LogP contribution in [0.5, 0.6) is 0 Å². The maximum Gasteiger partial charge on any atom is 0.205 e. The Morgan fingerprint density at radius 3 is 2.59 bits per heavy atom. The number of Topliss-reactive ketones (excluding diaryl/α,β-unsaturated/α-hetero) is 1. The van der Waals surface area contributed by atoms with Gasteiger partial charge in [-0.2, -0.15) is 0 Å². The van der Waals surface area contributed by atoms with Crippen LogP contribution in [0, 0.1) is 12.4 Å². The number of aliphatic imine (C=N–C) groups is 1. The molecule has 3 heterocycles. The number of halogens is 1. The van der Waals surface area contributed by atoms with Crippen LogP contribution < -0.4 is 5.73 Å². The zero-order chi connectivity index (χ0) is 23.3. The molecule has 0 amide bonds. The van der Waals surface area contributed by atoms with Crippen molar-refractivity contribution in [3.8, 4) is 0 Å². The largest absolute Gasteiger partial charge is 0.386 e. The summed E-state index contributed by atoms with van der Waals surface area (Å²) in [6.45, 7) is 9.02. The van der Waals surface area contributed by atoms with Crippen molar-refractivity contribution in [2.75, 3.05) is 25.9 Å². The maximum atomic E-state index is 14.8. The first-order valence-corrected chi connectivity index (χ1v) is 11.6.